The third kappa shape index (κ3) is 3.49. The van der Waals surface area contributed by atoms with Crippen LogP contribution in [-0.4, -0.2) is 10.4 Å². The second-order valence-corrected chi connectivity index (χ2v) is 5.16. The number of rotatable bonds is 4. The second kappa shape index (κ2) is 5.50. The lowest BCUT2D eigenvalue weighted by atomic mass is 9.98. The van der Waals surface area contributed by atoms with Gasteiger partial charge in [0.15, 0.2) is 0 Å². The lowest BCUT2D eigenvalue weighted by Crippen LogP contribution is -2.09. The molecule has 1 atom stereocenters. The summed E-state index contributed by atoms with van der Waals surface area (Å²) in [5.74, 6) is 0.884. The van der Waals surface area contributed by atoms with Crippen molar-refractivity contribution >= 4 is 11.6 Å². The van der Waals surface area contributed by atoms with Gasteiger partial charge in [0.2, 0.25) is 0 Å². The quantitative estimate of drug-likeness (QED) is 0.708. The Bertz CT molecular complexity index is 280. The predicted molar refractivity (Wildman–Crippen MR) is 64.2 cm³/mol. The van der Waals surface area contributed by atoms with Crippen LogP contribution in [0.3, 0.4) is 0 Å². The van der Waals surface area contributed by atoms with Crippen LogP contribution in [0.25, 0.3) is 0 Å². The van der Waals surface area contributed by atoms with Crippen molar-refractivity contribution in [1.82, 2.24) is 4.98 Å². The van der Waals surface area contributed by atoms with E-state index >= 15 is 0 Å². The number of alkyl halides is 1. The summed E-state index contributed by atoms with van der Waals surface area (Å²) in [4.78, 5) is 4.01. The molecule has 1 aromatic rings. The summed E-state index contributed by atoms with van der Waals surface area (Å²) in [6.45, 7) is 0. The molecule has 0 radical (unpaired) electrons. The smallest absolute Gasteiger partial charge is 0.0379 e. The Kier molecular flexibility index (Phi) is 4.01. The molecule has 0 aliphatic heterocycles. The average molecular weight is 224 g/mol. The molecule has 1 unspecified atom stereocenters. The minimum Gasteiger partial charge on any atom is -0.265 e. The first-order valence-electron chi connectivity index (χ1n) is 5.87. The molecular weight excluding hydrogens is 206 g/mol. The molecule has 82 valence electrons. The van der Waals surface area contributed by atoms with Crippen LogP contribution >= 0.6 is 11.6 Å². The van der Waals surface area contributed by atoms with E-state index in [-0.39, 0.29) is 0 Å². The van der Waals surface area contributed by atoms with Crippen molar-refractivity contribution in [3.8, 4) is 0 Å². The molecule has 0 spiro atoms. The molecule has 0 aromatic carbocycles. The van der Waals surface area contributed by atoms with Crippen LogP contribution in [0.5, 0.6) is 0 Å². The van der Waals surface area contributed by atoms with E-state index in [0.29, 0.717) is 5.38 Å². The molecule has 0 bridgehead atoms. The van der Waals surface area contributed by atoms with Crippen LogP contribution in [0.1, 0.15) is 37.7 Å². The van der Waals surface area contributed by atoms with Gasteiger partial charge in [-0.1, -0.05) is 25.7 Å². The van der Waals surface area contributed by atoms with Gasteiger partial charge in [0.1, 0.15) is 0 Å². The lowest BCUT2D eigenvalue weighted by molar-refractivity contribution is 0.488. The maximum absolute atomic E-state index is 6.37. The zero-order valence-corrected chi connectivity index (χ0v) is 9.79. The molecule has 2 heteroatoms. The average Bonchev–Trinajstić information content (AvgIpc) is 2.71. The first-order valence-corrected chi connectivity index (χ1v) is 6.31. The fraction of sp³-hybridized carbons (Fsp3) is 0.615. The van der Waals surface area contributed by atoms with E-state index in [9.17, 15) is 0 Å². The van der Waals surface area contributed by atoms with Gasteiger partial charge in [-0.15, -0.1) is 11.6 Å². The van der Waals surface area contributed by atoms with Gasteiger partial charge in [-0.05, 0) is 36.5 Å². The summed E-state index contributed by atoms with van der Waals surface area (Å²) >= 11 is 6.37. The summed E-state index contributed by atoms with van der Waals surface area (Å²) in [5, 5.41) is 0.301. The molecule has 1 aliphatic carbocycles. The number of hydrogen-bond acceptors (Lipinski definition) is 1. The Balaban J connectivity index is 1.79. The standard InChI is InChI=1S/C13H18ClN/c14-13(9-11-3-1-2-4-11)10-12-5-7-15-8-6-12/h5-8,11,13H,1-4,9-10H2. The normalized spacial score (nSPS) is 19.3. The van der Waals surface area contributed by atoms with Crippen LogP contribution in [0, 0.1) is 5.92 Å². The monoisotopic (exact) mass is 223 g/mol. The molecule has 2 rings (SSSR count). The fourth-order valence-corrected chi connectivity index (χ4v) is 2.90. The first-order chi connectivity index (χ1) is 7.34. The van der Waals surface area contributed by atoms with Gasteiger partial charge in [-0.3, -0.25) is 4.98 Å². The van der Waals surface area contributed by atoms with Crippen molar-refractivity contribution in [3.05, 3.63) is 30.1 Å². The summed E-state index contributed by atoms with van der Waals surface area (Å²) < 4.78 is 0. The molecule has 15 heavy (non-hydrogen) atoms. The number of halogens is 1. The van der Waals surface area contributed by atoms with Gasteiger partial charge in [0.05, 0.1) is 0 Å². The highest BCUT2D eigenvalue weighted by Gasteiger charge is 2.18. The van der Waals surface area contributed by atoms with Crippen molar-refractivity contribution in [1.29, 1.82) is 0 Å². The molecule has 0 amide bonds. The topological polar surface area (TPSA) is 12.9 Å². The minimum absolute atomic E-state index is 0.301. The number of nitrogens with zero attached hydrogens (tertiary/aromatic N) is 1. The number of pyridine rings is 1. The van der Waals surface area contributed by atoms with Gasteiger partial charge >= 0.3 is 0 Å². The molecule has 1 nitrogen and oxygen atoms in total. The van der Waals surface area contributed by atoms with E-state index in [1.807, 2.05) is 12.4 Å². The van der Waals surface area contributed by atoms with Gasteiger partial charge in [0, 0.05) is 17.8 Å². The van der Waals surface area contributed by atoms with Crippen molar-refractivity contribution in [3.63, 3.8) is 0 Å². The van der Waals surface area contributed by atoms with Gasteiger partial charge in [0.25, 0.3) is 0 Å². The van der Waals surface area contributed by atoms with Crippen LogP contribution in [0.15, 0.2) is 24.5 Å². The second-order valence-electron chi connectivity index (χ2n) is 4.54. The van der Waals surface area contributed by atoms with Crippen LogP contribution < -0.4 is 0 Å². The maximum atomic E-state index is 6.37. The molecule has 1 aromatic heterocycles. The van der Waals surface area contributed by atoms with Gasteiger partial charge < -0.3 is 0 Å². The van der Waals surface area contributed by atoms with Gasteiger partial charge in [-0.25, -0.2) is 0 Å². The Morgan fingerprint density at radius 1 is 1.27 bits per heavy atom. The summed E-state index contributed by atoms with van der Waals surface area (Å²) in [7, 11) is 0. The van der Waals surface area contributed by atoms with E-state index in [4.69, 9.17) is 11.6 Å². The zero-order chi connectivity index (χ0) is 10.5. The van der Waals surface area contributed by atoms with Crippen molar-refractivity contribution < 1.29 is 0 Å². The summed E-state index contributed by atoms with van der Waals surface area (Å²) in [6.07, 6.45) is 11.4. The number of aromatic nitrogens is 1. The Hall–Kier alpha value is -0.560. The Morgan fingerprint density at radius 2 is 1.93 bits per heavy atom. The maximum Gasteiger partial charge on any atom is 0.0379 e. The highest BCUT2D eigenvalue weighted by molar-refractivity contribution is 6.20. The molecule has 1 heterocycles. The molecule has 0 saturated heterocycles. The summed E-state index contributed by atoms with van der Waals surface area (Å²) in [6, 6.07) is 4.12. The lowest BCUT2D eigenvalue weighted by Gasteiger charge is -2.14. The van der Waals surface area contributed by atoms with Crippen molar-refractivity contribution in [2.45, 2.75) is 43.9 Å². The van der Waals surface area contributed by atoms with E-state index in [1.54, 1.807) is 0 Å². The molecule has 1 fully saturated rings. The SMILES string of the molecule is ClC(Cc1ccncc1)CC1CCCC1. The highest BCUT2D eigenvalue weighted by atomic mass is 35.5. The number of hydrogen-bond donors (Lipinski definition) is 0. The van der Waals surface area contributed by atoms with E-state index in [0.717, 1.165) is 12.3 Å². The Labute approximate surface area is 96.9 Å². The third-order valence-electron chi connectivity index (χ3n) is 3.27. The minimum atomic E-state index is 0.301. The van der Waals surface area contributed by atoms with Crippen LogP contribution in [0.2, 0.25) is 0 Å². The molecule has 1 aliphatic rings. The van der Waals surface area contributed by atoms with Gasteiger partial charge in [-0.2, -0.15) is 0 Å². The van der Waals surface area contributed by atoms with Crippen LogP contribution in [-0.2, 0) is 6.42 Å². The van der Waals surface area contributed by atoms with E-state index in [1.165, 1.54) is 37.7 Å². The van der Waals surface area contributed by atoms with E-state index in [2.05, 4.69) is 17.1 Å². The zero-order valence-electron chi connectivity index (χ0n) is 9.03. The fourth-order valence-electron chi connectivity index (χ4n) is 2.47. The molecule has 0 N–H and O–H groups in total. The Morgan fingerprint density at radius 3 is 2.60 bits per heavy atom. The first kappa shape index (κ1) is 10.9. The van der Waals surface area contributed by atoms with Crippen molar-refractivity contribution in [2.75, 3.05) is 0 Å². The largest absolute Gasteiger partial charge is 0.265 e. The third-order valence-corrected chi connectivity index (χ3v) is 3.60. The summed E-state index contributed by atoms with van der Waals surface area (Å²) in [5.41, 5.74) is 1.31. The predicted octanol–water partition coefficient (Wildman–Crippen LogP) is 3.81. The molecule has 1 saturated carbocycles. The molecular formula is C13H18ClN. The highest BCUT2D eigenvalue weighted by Crippen LogP contribution is 2.30. The van der Waals surface area contributed by atoms with E-state index < -0.39 is 0 Å². The van der Waals surface area contributed by atoms with Crippen LogP contribution in [0.4, 0.5) is 0 Å². The van der Waals surface area contributed by atoms with Crippen molar-refractivity contribution in [2.24, 2.45) is 5.92 Å².